The molecule has 1 N–H and O–H groups in total. The first-order valence-electron chi connectivity index (χ1n) is 6.33. The van der Waals surface area contributed by atoms with Crippen molar-refractivity contribution in [1.82, 2.24) is 15.1 Å². The van der Waals surface area contributed by atoms with Crippen LogP contribution in [0.2, 0.25) is 0 Å². The van der Waals surface area contributed by atoms with E-state index in [2.05, 4.69) is 17.0 Å². The number of rotatable bonds is 6. The van der Waals surface area contributed by atoms with Gasteiger partial charge in [-0.05, 0) is 19.1 Å². The molecule has 0 radical (unpaired) electrons. The lowest BCUT2D eigenvalue weighted by atomic mass is 10.3. The Balaban J connectivity index is 2.01. The molecule has 20 heavy (non-hydrogen) atoms. The molecule has 0 spiro atoms. The summed E-state index contributed by atoms with van der Waals surface area (Å²) in [6, 6.07) is 9.73. The Morgan fingerprint density at radius 3 is 2.90 bits per heavy atom. The molecule has 0 saturated carbocycles. The van der Waals surface area contributed by atoms with Crippen LogP contribution in [0, 0.1) is 6.92 Å². The predicted molar refractivity (Wildman–Crippen MR) is 77.0 cm³/mol. The van der Waals surface area contributed by atoms with Gasteiger partial charge in [-0.3, -0.25) is 4.79 Å². The van der Waals surface area contributed by atoms with E-state index in [4.69, 9.17) is 4.74 Å². The molecule has 5 heteroatoms. The van der Waals surface area contributed by atoms with E-state index in [1.165, 1.54) is 0 Å². The summed E-state index contributed by atoms with van der Waals surface area (Å²) in [6.07, 6.45) is 3.49. The second-order valence-corrected chi connectivity index (χ2v) is 4.28. The first-order chi connectivity index (χ1) is 9.70. The fourth-order valence-electron chi connectivity index (χ4n) is 1.67. The van der Waals surface area contributed by atoms with Crippen LogP contribution >= 0.6 is 0 Å². The van der Waals surface area contributed by atoms with Gasteiger partial charge in [0.1, 0.15) is 0 Å². The molecule has 0 aliphatic carbocycles. The summed E-state index contributed by atoms with van der Waals surface area (Å²) in [5, 5.41) is 6.97. The quantitative estimate of drug-likeness (QED) is 0.816. The Hall–Kier alpha value is -2.56. The number of carbonyl (C=O) groups excluding carboxylic acids is 1. The van der Waals surface area contributed by atoms with E-state index >= 15 is 0 Å². The summed E-state index contributed by atoms with van der Waals surface area (Å²) in [7, 11) is 0. The number of nitrogens with zero attached hydrogens (tertiary/aromatic N) is 2. The summed E-state index contributed by atoms with van der Waals surface area (Å²) < 4.78 is 7.15. The van der Waals surface area contributed by atoms with Gasteiger partial charge in [0, 0.05) is 18.3 Å². The summed E-state index contributed by atoms with van der Waals surface area (Å²) in [4.78, 5) is 11.4. The summed E-state index contributed by atoms with van der Waals surface area (Å²) in [5.41, 5.74) is 1.83. The van der Waals surface area contributed by atoms with E-state index in [-0.39, 0.29) is 12.5 Å². The Morgan fingerprint density at radius 2 is 2.20 bits per heavy atom. The van der Waals surface area contributed by atoms with Gasteiger partial charge < -0.3 is 10.1 Å². The van der Waals surface area contributed by atoms with Crippen molar-refractivity contribution in [3.63, 3.8) is 0 Å². The molecule has 104 valence electrons. The molecule has 0 atom stereocenters. The van der Waals surface area contributed by atoms with E-state index < -0.39 is 0 Å². The molecule has 5 nitrogen and oxygen atoms in total. The maximum Gasteiger partial charge on any atom is 0.258 e. The SMILES string of the molecule is C=CCNC(=O)COc1nn(-c2ccccc2)cc1C. The van der Waals surface area contributed by atoms with Crippen molar-refractivity contribution in [3.8, 4) is 11.6 Å². The van der Waals surface area contributed by atoms with Crippen LogP contribution in [-0.4, -0.2) is 28.8 Å². The van der Waals surface area contributed by atoms with Crippen LogP contribution in [0.25, 0.3) is 5.69 Å². The normalized spacial score (nSPS) is 10.1. The number of benzene rings is 1. The highest BCUT2D eigenvalue weighted by molar-refractivity contribution is 5.77. The van der Waals surface area contributed by atoms with Crippen molar-refractivity contribution in [2.45, 2.75) is 6.92 Å². The van der Waals surface area contributed by atoms with Crippen LogP contribution in [0.5, 0.6) is 5.88 Å². The molecule has 1 aromatic carbocycles. The van der Waals surface area contributed by atoms with Crippen LogP contribution in [0.3, 0.4) is 0 Å². The third-order valence-electron chi connectivity index (χ3n) is 2.66. The van der Waals surface area contributed by atoms with E-state index in [0.29, 0.717) is 12.4 Å². The number of hydrogen-bond donors (Lipinski definition) is 1. The van der Waals surface area contributed by atoms with Crippen molar-refractivity contribution in [3.05, 3.63) is 54.7 Å². The average Bonchev–Trinajstić information content (AvgIpc) is 2.85. The fraction of sp³-hybridized carbons (Fsp3) is 0.200. The van der Waals surface area contributed by atoms with Gasteiger partial charge in [0.2, 0.25) is 5.88 Å². The minimum atomic E-state index is -0.196. The van der Waals surface area contributed by atoms with E-state index in [0.717, 1.165) is 11.3 Å². The lowest BCUT2D eigenvalue weighted by molar-refractivity contribution is -0.122. The summed E-state index contributed by atoms with van der Waals surface area (Å²) in [6.45, 7) is 5.80. The Kier molecular flexibility index (Phi) is 4.55. The van der Waals surface area contributed by atoms with Crippen LogP contribution in [0.1, 0.15) is 5.56 Å². The molecule has 0 fully saturated rings. The smallest absolute Gasteiger partial charge is 0.258 e. The number of nitrogens with one attached hydrogen (secondary N) is 1. The predicted octanol–water partition coefficient (Wildman–Crippen LogP) is 1.86. The molecular weight excluding hydrogens is 254 g/mol. The van der Waals surface area contributed by atoms with E-state index in [1.807, 2.05) is 43.5 Å². The number of hydrogen-bond acceptors (Lipinski definition) is 3. The van der Waals surface area contributed by atoms with Crippen molar-refractivity contribution < 1.29 is 9.53 Å². The highest BCUT2D eigenvalue weighted by Gasteiger charge is 2.09. The average molecular weight is 271 g/mol. The molecule has 1 amide bonds. The minimum Gasteiger partial charge on any atom is -0.466 e. The highest BCUT2D eigenvalue weighted by atomic mass is 16.5. The second-order valence-electron chi connectivity index (χ2n) is 4.28. The zero-order valence-corrected chi connectivity index (χ0v) is 11.4. The Bertz CT molecular complexity index is 590. The molecule has 0 aliphatic heterocycles. The lowest BCUT2D eigenvalue weighted by Gasteiger charge is -2.04. The van der Waals surface area contributed by atoms with Crippen LogP contribution < -0.4 is 10.1 Å². The largest absolute Gasteiger partial charge is 0.466 e. The maximum absolute atomic E-state index is 11.4. The highest BCUT2D eigenvalue weighted by Crippen LogP contribution is 2.17. The standard InChI is InChI=1S/C15H17N3O2/c1-3-9-16-14(19)11-20-15-12(2)10-18(17-15)13-7-5-4-6-8-13/h3-8,10H,1,9,11H2,2H3,(H,16,19). The fourth-order valence-corrected chi connectivity index (χ4v) is 1.67. The van der Waals surface area contributed by atoms with Gasteiger partial charge in [-0.15, -0.1) is 11.7 Å². The van der Waals surface area contributed by atoms with Crippen LogP contribution in [-0.2, 0) is 4.79 Å². The molecule has 1 heterocycles. The molecule has 2 aromatic rings. The van der Waals surface area contributed by atoms with Crippen LogP contribution in [0.4, 0.5) is 0 Å². The zero-order valence-electron chi connectivity index (χ0n) is 11.4. The Labute approximate surface area is 117 Å². The van der Waals surface area contributed by atoms with E-state index in [1.54, 1.807) is 10.8 Å². The van der Waals surface area contributed by atoms with E-state index in [9.17, 15) is 4.79 Å². The molecule has 0 bridgehead atoms. The minimum absolute atomic E-state index is 0.0551. The number of ether oxygens (including phenoxy) is 1. The first-order valence-corrected chi connectivity index (χ1v) is 6.33. The zero-order chi connectivity index (χ0) is 14.4. The molecular formula is C15H17N3O2. The number of aromatic nitrogens is 2. The maximum atomic E-state index is 11.4. The Morgan fingerprint density at radius 1 is 1.45 bits per heavy atom. The van der Waals surface area contributed by atoms with Crippen molar-refractivity contribution >= 4 is 5.91 Å². The van der Waals surface area contributed by atoms with Gasteiger partial charge in [0.15, 0.2) is 6.61 Å². The monoisotopic (exact) mass is 271 g/mol. The number of carbonyl (C=O) groups is 1. The number of para-hydroxylation sites is 1. The van der Waals surface area contributed by atoms with Gasteiger partial charge >= 0.3 is 0 Å². The van der Waals surface area contributed by atoms with Gasteiger partial charge in [-0.2, -0.15) is 0 Å². The molecule has 0 saturated heterocycles. The number of amides is 1. The van der Waals surface area contributed by atoms with Crippen LogP contribution in [0.15, 0.2) is 49.2 Å². The molecule has 0 unspecified atom stereocenters. The summed E-state index contributed by atoms with van der Waals surface area (Å²) >= 11 is 0. The third-order valence-corrected chi connectivity index (χ3v) is 2.66. The van der Waals surface area contributed by atoms with Gasteiger partial charge in [-0.25, -0.2) is 4.68 Å². The van der Waals surface area contributed by atoms with Crippen molar-refractivity contribution in [2.75, 3.05) is 13.2 Å². The number of aryl methyl sites for hydroxylation is 1. The van der Waals surface area contributed by atoms with Crippen molar-refractivity contribution in [2.24, 2.45) is 0 Å². The first kappa shape index (κ1) is 13.9. The van der Waals surface area contributed by atoms with Gasteiger partial charge in [-0.1, -0.05) is 24.3 Å². The molecule has 2 rings (SSSR count). The topological polar surface area (TPSA) is 56.1 Å². The molecule has 0 aliphatic rings. The van der Waals surface area contributed by atoms with Gasteiger partial charge in [0.05, 0.1) is 5.69 Å². The summed E-state index contributed by atoms with van der Waals surface area (Å²) in [5.74, 6) is 0.265. The molecule has 1 aromatic heterocycles. The second kappa shape index (κ2) is 6.56. The van der Waals surface area contributed by atoms with Gasteiger partial charge in [0.25, 0.3) is 5.91 Å². The third kappa shape index (κ3) is 3.47. The lowest BCUT2D eigenvalue weighted by Crippen LogP contribution is -2.29. The van der Waals surface area contributed by atoms with Crippen molar-refractivity contribution in [1.29, 1.82) is 0 Å².